The van der Waals surface area contributed by atoms with Crippen molar-refractivity contribution in [3.8, 4) is 0 Å². The lowest BCUT2D eigenvalue weighted by atomic mass is 9.76. The molecule has 0 aliphatic heterocycles. The number of amides is 1. The normalized spacial score (nSPS) is 19.8. The van der Waals surface area contributed by atoms with Crippen LogP contribution in [-0.2, 0) is 20.7 Å². The molecular weight excluding hydrogens is 346 g/mol. The van der Waals surface area contributed by atoms with E-state index in [4.69, 9.17) is 4.74 Å². The van der Waals surface area contributed by atoms with E-state index in [1.54, 1.807) is 20.8 Å². The summed E-state index contributed by atoms with van der Waals surface area (Å²) in [5, 5.41) is 12.7. The maximum absolute atomic E-state index is 12.4. The van der Waals surface area contributed by atoms with E-state index in [2.05, 4.69) is 5.32 Å². The Morgan fingerprint density at radius 3 is 2.41 bits per heavy atom. The summed E-state index contributed by atoms with van der Waals surface area (Å²) >= 11 is 0. The SMILES string of the molecule is CC(C)(C)OC(=O)NC(Cc1ccccc1)(CC1CCCCC1=O)C(=O)O. The summed E-state index contributed by atoms with van der Waals surface area (Å²) in [6.45, 7) is 5.16. The van der Waals surface area contributed by atoms with E-state index in [1.165, 1.54) is 0 Å². The summed E-state index contributed by atoms with van der Waals surface area (Å²) in [6, 6.07) is 9.12. The summed E-state index contributed by atoms with van der Waals surface area (Å²) in [6.07, 6.45) is 2.22. The minimum absolute atomic E-state index is 0.0648. The molecule has 0 bridgehead atoms. The predicted octanol–water partition coefficient (Wildman–Crippen LogP) is 3.73. The van der Waals surface area contributed by atoms with Crippen LogP contribution in [0, 0.1) is 5.92 Å². The first-order valence-corrected chi connectivity index (χ1v) is 9.42. The van der Waals surface area contributed by atoms with Gasteiger partial charge in [0.2, 0.25) is 0 Å². The first-order chi connectivity index (χ1) is 12.6. The van der Waals surface area contributed by atoms with Crippen LogP contribution < -0.4 is 5.32 Å². The summed E-state index contributed by atoms with van der Waals surface area (Å²) in [5.41, 5.74) is -1.57. The van der Waals surface area contributed by atoms with Crippen LogP contribution in [0.25, 0.3) is 0 Å². The zero-order valence-corrected chi connectivity index (χ0v) is 16.3. The molecule has 0 heterocycles. The van der Waals surface area contributed by atoms with Gasteiger partial charge in [0.25, 0.3) is 0 Å². The van der Waals surface area contributed by atoms with Crippen LogP contribution in [0.1, 0.15) is 58.4 Å². The summed E-state index contributed by atoms with van der Waals surface area (Å²) in [7, 11) is 0. The van der Waals surface area contributed by atoms with Gasteiger partial charge in [0.05, 0.1) is 0 Å². The fourth-order valence-corrected chi connectivity index (χ4v) is 3.52. The number of aliphatic carboxylic acids is 1. The zero-order valence-electron chi connectivity index (χ0n) is 16.3. The highest BCUT2D eigenvalue weighted by Gasteiger charge is 2.44. The van der Waals surface area contributed by atoms with Crippen molar-refractivity contribution in [2.45, 2.75) is 70.4 Å². The van der Waals surface area contributed by atoms with Gasteiger partial charge in [-0.1, -0.05) is 36.8 Å². The second-order valence-corrected chi connectivity index (χ2v) is 8.29. The first kappa shape index (κ1) is 20.9. The number of benzene rings is 1. The van der Waals surface area contributed by atoms with Gasteiger partial charge in [0.1, 0.15) is 16.9 Å². The number of ether oxygens (including phenoxy) is 1. The van der Waals surface area contributed by atoms with Gasteiger partial charge in [-0.3, -0.25) is 4.79 Å². The number of carbonyl (C=O) groups is 3. The predicted molar refractivity (Wildman–Crippen MR) is 101 cm³/mol. The maximum Gasteiger partial charge on any atom is 0.408 e. The minimum Gasteiger partial charge on any atom is -0.479 e. The number of carbonyl (C=O) groups excluding carboxylic acids is 2. The Bertz CT molecular complexity index is 680. The maximum atomic E-state index is 12.4. The second kappa shape index (κ2) is 8.55. The van der Waals surface area contributed by atoms with Gasteiger partial charge in [0.15, 0.2) is 0 Å². The Hall–Kier alpha value is -2.37. The Morgan fingerprint density at radius 2 is 1.85 bits per heavy atom. The standard InChI is InChI=1S/C21H29NO5/c1-20(2,3)27-19(26)22-21(18(24)25,13-15-9-5-4-6-10-15)14-16-11-7-8-12-17(16)23/h4-6,9-10,16H,7-8,11-14H2,1-3H3,(H,22,26)(H,24,25). The Kier molecular flexibility index (Phi) is 6.63. The van der Waals surface area contributed by atoms with Crippen LogP contribution in [0.3, 0.4) is 0 Å². The van der Waals surface area contributed by atoms with E-state index in [1.807, 2.05) is 30.3 Å². The molecule has 2 unspecified atom stereocenters. The third-order valence-corrected chi connectivity index (χ3v) is 4.77. The van der Waals surface area contributed by atoms with Crippen molar-refractivity contribution in [2.75, 3.05) is 0 Å². The highest BCUT2D eigenvalue weighted by molar-refractivity contribution is 5.87. The van der Waals surface area contributed by atoms with Gasteiger partial charge in [-0.2, -0.15) is 0 Å². The molecule has 0 aromatic heterocycles. The zero-order chi connectivity index (χ0) is 20.1. The van der Waals surface area contributed by atoms with Crippen molar-refractivity contribution in [3.63, 3.8) is 0 Å². The number of ketones is 1. The number of nitrogens with one attached hydrogen (secondary N) is 1. The molecule has 1 aromatic rings. The van der Waals surface area contributed by atoms with Crippen molar-refractivity contribution in [1.29, 1.82) is 0 Å². The molecule has 2 atom stereocenters. The number of carboxylic acids is 1. The van der Waals surface area contributed by atoms with Gasteiger partial charge in [0, 0.05) is 18.8 Å². The van der Waals surface area contributed by atoms with Crippen molar-refractivity contribution in [2.24, 2.45) is 5.92 Å². The molecule has 27 heavy (non-hydrogen) atoms. The van der Waals surface area contributed by atoms with E-state index >= 15 is 0 Å². The highest BCUT2D eigenvalue weighted by atomic mass is 16.6. The third kappa shape index (κ3) is 6.08. The molecule has 0 spiro atoms. The lowest BCUT2D eigenvalue weighted by molar-refractivity contribution is -0.146. The summed E-state index contributed by atoms with van der Waals surface area (Å²) < 4.78 is 5.30. The Labute approximate surface area is 160 Å². The van der Waals surface area contributed by atoms with Gasteiger partial charge < -0.3 is 15.2 Å². The lowest BCUT2D eigenvalue weighted by Gasteiger charge is -2.35. The van der Waals surface area contributed by atoms with Crippen molar-refractivity contribution < 1.29 is 24.2 Å². The van der Waals surface area contributed by atoms with Crippen LogP contribution in [-0.4, -0.2) is 34.1 Å². The van der Waals surface area contributed by atoms with Gasteiger partial charge >= 0.3 is 12.1 Å². The molecule has 1 saturated carbocycles. The molecule has 2 N–H and O–H groups in total. The lowest BCUT2D eigenvalue weighted by Crippen LogP contribution is -2.58. The Morgan fingerprint density at radius 1 is 1.19 bits per heavy atom. The second-order valence-electron chi connectivity index (χ2n) is 8.29. The van der Waals surface area contributed by atoms with Crippen molar-refractivity contribution >= 4 is 17.8 Å². The van der Waals surface area contributed by atoms with Gasteiger partial charge in [-0.15, -0.1) is 0 Å². The summed E-state index contributed by atoms with van der Waals surface area (Å²) in [4.78, 5) is 37.1. The van der Waals surface area contributed by atoms with Crippen LogP contribution in [0.2, 0.25) is 0 Å². The average Bonchev–Trinajstić information content (AvgIpc) is 2.56. The molecule has 1 aliphatic rings. The van der Waals surface area contributed by atoms with Crippen LogP contribution in [0.5, 0.6) is 0 Å². The monoisotopic (exact) mass is 375 g/mol. The van der Waals surface area contributed by atoms with E-state index in [-0.39, 0.29) is 24.5 Å². The number of Topliss-reactive ketones (excluding diaryl/α,β-unsaturated/α-hetero) is 1. The van der Waals surface area contributed by atoms with E-state index in [0.29, 0.717) is 12.8 Å². The summed E-state index contributed by atoms with van der Waals surface area (Å²) in [5.74, 6) is -1.45. The number of rotatable bonds is 6. The molecule has 2 rings (SSSR count). The van der Waals surface area contributed by atoms with Gasteiger partial charge in [-0.05, 0) is 45.6 Å². The molecule has 148 valence electrons. The quantitative estimate of drug-likeness (QED) is 0.790. The largest absolute Gasteiger partial charge is 0.479 e. The van der Waals surface area contributed by atoms with Crippen molar-refractivity contribution in [1.82, 2.24) is 5.32 Å². The molecular formula is C21H29NO5. The molecule has 1 fully saturated rings. The van der Waals surface area contributed by atoms with Crippen LogP contribution in [0.4, 0.5) is 4.79 Å². The molecule has 6 heteroatoms. The van der Waals surface area contributed by atoms with E-state index < -0.39 is 23.2 Å². The highest BCUT2D eigenvalue weighted by Crippen LogP contribution is 2.31. The third-order valence-electron chi connectivity index (χ3n) is 4.77. The minimum atomic E-state index is -1.60. The molecule has 0 saturated heterocycles. The smallest absolute Gasteiger partial charge is 0.408 e. The van der Waals surface area contributed by atoms with Crippen LogP contribution in [0.15, 0.2) is 30.3 Å². The van der Waals surface area contributed by atoms with Crippen molar-refractivity contribution in [3.05, 3.63) is 35.9 Å². The number of hydrogen-bond donors (Lipinski definition) is 2. The fourth-order valence-electron chi connectivity index (χ4n) is 3.52. The average molecular weight is 375 g/mol. The first-order valence-electron chi connectivity index (χ1n) is 9.42. The topological polar surface area (TPSA) is 92.7 Å². The molecule has 1 aromatic carbocycles. The Balaban J connectivity index is 2.32. The molecule has 0 radical (unpaired) electrons. The fraction of sp³-hybridized carbons (Fsp3) is 0.571. The number of alkyl carbamates (subject to hydrolysis) is 1. The van der Waals surface area contributed by atoms with Crippen LogP contribution >= 0.6 is 0 Å². The van der Waals surface area contributed by atoms with E-state index in [9.17, 15) is 19.5 Å². The molecule has 1 aliphatic carbocycles. The van der Waals surface area contributed by atoms with Gasteiger partial charge in [-0.25, -0.2) is 9.59 Å². The number of hydrogen-bond acceptors (Lipinski definition) is 4. The molecule has 6 nitrogen and oxygen atoms in total. The van der Waals surface area contributed by atoms with E-state index in [0.717, 1.165) is 18.4 Å². The molecule has 1 amide bonds. The number of carboxylic acid groups (broad SMARTS) is 1.